The zero-order chi connectivity index (χ0) is 12.4. The Bertz CT molecular complexity index is 402. The maximum atomic E-state index is 13.5. The molecule has 0 aromatic heterocycles. The van der Waals surface area contributed by atoms with Crippen LogP contribution in [0.15, 0.2) is 18.2 Å². The Morgan fingerprint density at radius 1 is 1.35 bits per heavy atom. The van der Waals surface area contributed by atoms with Gasteiger partial charge < -0.3 is 9.64 Å². The second-order valence-electron chi connectivity index (χ2n) is 4.26. The van der Waals surface area contributed by atoms with Crippen molar-refractivity contribution in [2.24, 2.45) is 0 Å². The molecule has 1 fully saturated rings. The maximum absolute atomic E-state index is 13.5. The molecule has 0 N–H and O–H groups in total. The lowest BCUT2D eigenvalue weighted by Gasteiger charge is -2.38. The predicted octanol–water partition coefficient (Wildman–Crippen LogP) is 2.69. The van der Waals surface area contributed by atoms with Gasteiger partial charge in [0.15, 0.2) is 0 Å². The van der Waals surface area contributed by atoms with E-state index in [2.05, 4.69) is 37.8 Å². The molecule has 1 aromatic rings. The number of rotatable bonds is 2. The van der Waals surface area contributed by atoms with Crippen molar-refractivity contribution < 1.29 is 9.13 Å². The number of methoxy groups -OCH3 is 1. The highest BCUT2D eigenvalue weighted by Gasteiger charge is 2.23. The molecule has 2 rings (SSSR count). The van der Waals surface area contributed by atoms with Crippen molar-refractivity contribution in [2.45, 2.75) is 13.0 Å². The summed E-state index contributed by atoms with van der Waals surface area (Å²) in [6, 6.07) is 5.25. The molecular weight excluding hydrogens is 334 g/mol. The first kappa shape index (κ1) is 12.9. The molecule has 0 saturated carbocycles. The first-order valence-corrected chi connectivity index (χ1v) is 6.58. The Labute approximate surface area is 115 Å². The predicted molar refractivity (Wildman–Crippen MR) is 75.4 cm³/mol. The summed E-state index contributed by atoms with van der Waals surface area (Å²) in [4.78, 5) is 2.22. The van der Waals surface area contributed by atoms with E-state index in [9.17, 15) is 4.39 Å². The molecule has 1 heterocycles. The average Bonchev–Trinajstić information content (AvgIpc) is 2.28. The van der Waals surface area contributed by atoms with E-state index in [0.29, 0.717) is 11.8 Å². The van der Waals surface area contributed by atoms with Gasteiger partial charge in [-0.15, -0.1) is 0 Å². The second-order valence-corrected chi connectivity index (χ2v) is 5.63. The molecule has 0 aliphatic carbocycles. The molecule has 3 nitrogen and oxygen atoms in total. The first-order valence-electron chi connectivity index (χ1n) is 5.62. The van der Waals surface area contributed by atoms with Gasteiger partial charge in [0.2, 0.25) is 0 Å². The molecule has 0 spiro atoms. The SMILES string of the molecule is COc1cc(F)cc(N2CCN(I)CC2C)c1. The van der Waals surface area contributed by atoms with E-state index >= 15 is 0 Å². The van der Waals surface area contributed by atoms with Crippen molar-refractivity contribution in [1.29, 1.82) is 0 Å². The van der Waals surface area contributed by atoms with Crippen LogP contribution in [0.5, 0.6) is 5.75 Å². The monoisotopic (exact) mass is 350 g/mol. The number of halogens is 2. The second kappa shape index (κ2) is 5.39. The van der Waals surface area contributed by atoms with Crippen LogP contribution in [0.25, 0.3) is 0 Å². The summed E-state index contributed by atoms with van der Waals surface area (Å²) in [7, 11) is 1.56. The van der Waals surface area contributed by atoms with E-state index in [1.807, 2.05) is 6.07 Å². The molecule has 1 saturated heterocycles. The molecule has 1 aromatic carbocycles. The summed E-state index contributed by atoms with van der Waals surface area (Å²) in [6.07, 6.45) is 0. The van der Waals surface area contributed by atoms with Gasteiger partial charge in [-0.3, -0.25) is 0 Å². The summed E-state index contributed by atoms with van der Waals surface area (Å²) in [5.41, 5.74) is 0.902. The molecule has 0 amide bonds. The van der Waals surface area contributed by atoms with E-state index in [1.54, 1.807) is 13.2 Å². The van der Waals surface area contributed by atoms with Crippen molar-refractivity contribution in [1.82, 2.24) is 3.11 Å². The number of nitrogens with zero attached hydrogens (tertiary/aromatic N) is 2. The fourth-order valence-electron chi connectivity index (χ4n) is 2.13. The largest absolute Gasteiger partial charge is 0.497 e. The number of anilines is 1. The van der Waals surface area contributed by atoms with Gasteiger partial charge in [0.1, 0.15) is 11.6 Å². The molecule has 1 atom stereocenters. The maximum Gasteiger partial charge on any atom is 0.128 e. The standard InChI is InChI=1S/C12H16FIN2O/c1-9-8-15(14)3-4-16(9)11-5-10(13)6-12(7-11)17-2/h5-7,9H,3-4,8H2,1-2H3. The lowest BCUT2D eigenvalue weighted by atomic mass is 10.1. The zero-order valence-electron chi connectivity index (χ0n) is 9.99. The molecule has 1 unspecified atom stereocenters. The van der Waals surface area contributed by atoms with Crippen LogP contribution in [0, 0.1) is 5.82 Å². The van der Waals surface area contributed by atoms with Gasteiger partial charge in [-0.25, -0.2) is 7.50 Å². The van der Waals surface area contributed by atoms with Crippen LogP contribution in [-0.4, -0.2) is 35.9 Å². The quantitative estimate of drug-likeness (QED) is 0.603. The fraction of sp³-hybridized carbons (Fsp3) is 0.500. The Kier molecular flexibility index (Phi) is 4.09. The third-order valence-corrected chi connectivity index (χ3v) is 3.88. The minimum absolute atomic E-state index is 0.247. The fourth-order valence-corrected chi connectivity index (χ4v) is 2.91. The third kappa shape index (κ3) is 3.01. The van der Waals surface area contributed by atoms with Crippen molar-refractivity contribution in [2.75, 3.05) is 31.6 Å². The van der Waals surface area contributed by atoms with E-state index in [1.165, 1.54) is 6.07 Å². The summed E-state index contributed by atoms with van der Waals surface area (Å²) in [5, 5.41) is 0. The lowest BCUT2D eigenvalue weighted by Crippen LogP contribution is -2.48. The summed E-state index contributed by atoms with van der Waals surface area (Å²) < 4.78 is 20.8. The molecule has 0 bridgehead atoms. The van der Waals surface area contributed by atoms with Crippen LogP contribution in [0.2, 0.25) is 0 Å². The van der Waals surface area contributed by atoms with E-state index < -0.39 is 0 Å². The first-order chi connectivity index (χ1) is 8.10. The summed E-state index contributed by atoms with van der Waals surface area (Å²) >= 11 is 2.33. The molecule has 5 heteroatoms. The number of benzene rings is 1. The topological polar surface area (TPSA) is 15.7 Å². The van der Waals surface area contributed by atoms with E-state index in [-0.39, 0.29) is 5.82 Å². The van der Waals surface area contributed by atoms with Gasteiger partial charge in [0, 0.05) is 66.4 Å². The number of hydrogen-bond acceptors (Lipinski definition) is 3. The van der Waals surface area contributed by atoms with Gasteiger partial charge in [-0.05, 0) is 13.0 Å². The van der Waals surface area contributed by atoms with Gasteiger partial charge >= 0.3 is 0 Å². The van der Waals surface area contributed by atoms with Crippen molar-refractivity contribution in [3.63, 3.8) is 0 Å². The van der Waals surface area contributed by atoms with Gasteiger partial charge in [0.25, 0.3) is 0 Å². The minimum Gasteiger partial charge on any atom is -0.497 e. The molecule has 94 valence electrons. The van der Waals surface area contributed by atoms with Crippen LogP contribution in [-0.2, 0) is 0 Å². The van der Waals surface area contributed by atoms with Crippen LogP contribution >= 0.6 is 22.9 Å². The molecule has 1 aliphatic rings. The van der Waals surface area contributed by atoms with Crippen molar-refractivity contribution in [3.05, 3.63) is 24.0 Å². The summed E-state index contributed by atoms with van der Waals surface area (Å²) in [6.45, 7) is 5.04. The zero-order valence-corrected chi connectivity index (χ0v) is 12.1. The van der Waals surface area contributed by atoms with Crippen LogP contribution in [0.3, 0.4) is 0 Å². The number of piperazine rings is 1. The van der Waals surface area contributed by atoms with Gasteiger partial charge in [-0.2, -0.15) is 0 Å². The number of ether oxygens (including phenoxy) is 1. The smallest absolute Gasteiger partial charge is 0.128 e. The minimum atomic E-state index is -0.247. The molecular formula is C12H16FIN2O. The van der Waals surface area contributed by atoms with Gasteiger partial charge in [-0.1, -0.05) is 0 Å². The lowest BCUT2D eigenvalue weighted by molar-refractivity contribution is 0.395. The van der Waals surface area contributed by atoms with Crippen LogP contribution in [0.4, 0.5) is 10.1 Å². The molecule has 1 aliphatic heterocycles. The van der Waals surface area contributed by atoms with Gasteiger partial charge in [0.05, 0.1) is 7.11 Å². The highest BCUT2D eigenvalue weighted by atomic mass is 127. The van der Waals surface area contributed by atoms with E-state index in [0.717, 1.165) is 25.3 Å². The highest BCUT2D eigenvalue weighted by molar-refractivity contribution is 14.1. The Morgan fingerprint density at radius 2 is 2.12 bits per heavy atom. The number of hydrogen-bond donors (Lipinski definition) is 0. The molecule has 17 heavy (non-hydrogen) atoms. The average molecular weight is 350 g/mol. The van der Waals surface area contributed by atoms with Crippen molar-refractivity contribution >= 4 is 28.6 Å². The Morgan fingerprint density at radius 3 is 2.76 bits per heavy atom. The highest BCUT2D eigenvalue weighted by Crippen LogP contribution is 2.27. The Hall–Kier alpha value is -0.560. The van der Waals surface area contributed by atoms with Crippen LogP contribution < -0.4 is 9.64 Å². The summed E-state index contributed by atoms with van der Waals surface area (Å²) in [5.74, 6) is 0.326. The normalized spacial score (nSPS) is 21.6. The van der Waals surface area contributed by atoms with Crippen molar-refractivity contribution in [3.8, 4) is 5.75 Å². The third-order valence-electron chi connectivity index (χ3n) is 3.00. The Balaban J connectivity index is 2.24. The van der Waals surface area contributed by atoms with Crippen LogP contribution in [0.1, 0.15) is 6.92 Å². The molecule has 0 radical (unpaired) electrons. The van der Waals surface area contributed by atoms with E-state index in [4.69, 9.17) is 4.74 Å².